The highest BCUT2D eigenvalue weighted by atomic mass is 31.1. The summed E-state index contributed by atoms with van der Waals surface area (Å²) < 4.78 is 14.7. The summed E-state index contributed by atoms with van der Waals surface area (Å²) in [6.07, 6.45) is 0. The lowest BCUT2D eigenvalue weighted by molar-refractivity contribution is 0.272. The van der Waals surface area contributed by atoms with Crippen LogP contribution >= 0.6 is 8.25 Å². The highest BCUT2D eigenvalue weighted by Gasteiger charge is 2.11. The number of hydrogen-bond donors (Lipinski definition) is 1. The van der Waals surface area contributed by atoms with Gasteiger partial charge in [-0.15, -0.1) is 9.42 Å². The third-order valence-corrected chi connectivity index (χ3v) is 1.77. The molecule has 0 bridgehead atoms. The Morgan fingerprint density at radius 2 is 2.08 bits per heavy atom. The van der Waals surface area contributed by atoms with Gasteiger partial charge in [0.1, 0.15) is 6.61 Å². The van der Waals surface area contributed by atoms with E-state index < -0.39 is 8.25 Å². The molecule has 5 heteroatoms. The van der Waals surface area contributed by atoms with Crippen molar-refractivity contribution in [1.82, 2.24) is 0 Å². The lowest BCUT2D eigenvalue weighted by atomic mass is 10.2. The van der Waals surface area contributed by atoms with E-state index >= 15 is 0 Å². The van der Waals surface area contributed by atoms with Crippen LogP contribution in [0.4, 0.5) is 0 Å². The first-order valence-corrected chi connectivity index (χ1v) is 4.63. The predicted octanol–water partition coefficient (Wildman–Crippen LogP) is 1.72. The van der Waals surface area contributed by atoms with Gasteiger partial charge in [0, 0.05) is 4.57 Å². The highest BCUT2D eigenvalue weighted by molar-refractivity contribution is 7.32. The van der Waals surface area contributed by atoms with E-state index in [0.717, 1.165) is 5.56 Å². The SMILES string of the molecule is N#Cc1ccc(CO[P+](=O)O)cc1. The molecule has 0 aliphatic rings. The van der Waals surface area contributed by atoms with Crippen LogP contribution in [0, 0.1) is 11.3 Å². The minimum atomic E-state index is -2.55. The molecule has 0 aromatic heterocycles. The molecule has 0 aliphatic carbocycles. The van der Waals surface area contributed by atoms with E-state index in [-0.39, 0.29) is 6.61 Å². The molecular formula is C8H7NO3P+. The van der Waals surface area contributed by atoms with Crippen LogP contribution in [0.1, 0.15) is 11.1 Å². The number of nitriles is 1. The minimum absolute atomic E-state index is 0.0808. The van der Waals surface area contributed by atoms with Crippen molar-refractivity contribution in [3.8, 4) is 6.07 Å². The fraction of sp³-hybridized carbons (Fsp3) is 0.125. The zero-order valence-corrected chi connectivity index (χ0v) is 7.57. The molecular weight excluding hydrogens is 189 g/mol. The fourth-order valence-corrected chi connectivity index (χ4v) is 1.06. The summed E-state index contributed by atoms with van der Waals surface area (Å²) in [7, 11) is -2.55. The van der Waals surface area contributed by atoms with E-state index in [4.69, 9.17) is 10.2 Å². The molecule has 0 saturated heterocycles. The van der Waals surface area contributed by atoms with Crippen LogP contribution in [0.25, 0.3) is 0 Å². The second-order valence-corrected chi connectivity index (χ2v) is 3.05. The molecule has 1 unspecified atom stereocenters. The van der Waals surface area contributed by atoms with Crippen molar-refractivity contribution >= 4 is 8.25 Å². The van der Waals surface area contributed by atoms with Crippen molar-refractivity contribution in [2.45, 2.75) is 6.61 Å². The van der Waals surface area contributed by atoms with Gasteiger partial charge in [0.15, 0.2) is 0 Å². The lowest BCUT2D eigenvalue weighted by Gasteiger charge is -1.93. The van der Waals surface area contributed by atoms with E-state index in [2.05, 4.69) is 4.52 Å². The molecule has 1 aromatic rings. The van der Waals surface area contributed by atoms with Gasteiger partial charge in [-0.2, -0.15) is 5.26 Å². The average Bonchev–Trinajstić information content (AvgIpc) is 2.15. The van der Waals surface area contributed by atoms with Crippen LogP contribution in [-0.2, 0) is 15.7 Å². The molecule has 1 aromatic carbocycles. The van der Waals surface area contributed by atoms with Crippen molar-refractivity contribution in [3.05, 3.63) is 35.4 Å². The van der Waals surface area contributed by atoms with Gasteiger partial charge < -0.3 is 0 Å². The quantitative estimate of drug-likeness (QED) is 0.747. The van der Waals surface area contributed by atoms with Crippen LogP contribution in [0.15, 0.2) is 24.3 Å². The number of hydrogen-bond acceptors (Lipinski definition) is 3. The summed E-state index contributed by atoms with van der Waals surface area (Å²) in [4.78, 5) is 8.35. The maximum atomic E-state index is 10.2. The van der Waals surface area contributed by atoms with Crippen LogP contribution in [0.2, 0.25) is 0 Å². The van der Waals surface area contributed by atoms with Crippen molar-refractivity contribution in [2.24, 2.45) is 0 Å². The van der Waals surface area contributed by atoms with E-state index in [1.807, 2.05) is 6.07 Å². The Bertz CT molecular complexity index is 341. The van der Waals surface area contributed by atoms with Gasteiger partial charge in [-0.3, -0.25) is 0 Å². The number of benzene rings is 1. The monoisotopic (exact) mass is 196 g/mol. The molecule has 0 fully saturated rings. The molecule has 0 radical (unpaired) electrons. The summed E-state index contributed by atoms with van der Waals surface area (Å²) in [6, 6.07) is 8.58. The Labute approximate surface area is 76.3 Å². The Hall–Kier alpha value is -1.27. The molecule has 1 N–H and O–H groups in total. The summed E-state index contributed by atoms with van der Waals surface area (Å²) in [6.45, 7) is 0.0808. The van der Waals surface area contributed by atoms with E-state index in [1.54, 1.807) is 24.3 Å². The third kappa shape index (κ3) is 3.30. The first-order valence-electron chi connectivity index (χ1n) is 3.50. The second-order valence-electron chi connectivity index (χ2n) is 2.32. The molecule has 4 nitrogen and oxygen atoms in total. The van der Waals surface area contributed by atoms with Gasteiger partial charge in [0.05, 0.1) is 11.6 Å². The normalized spacial score (nSPS) is 10.6. The zero-order chi connectivity index (χ0) is 9.68. The number of rotatable bonds is 3. The first kappa shape index (κ1) is 9.82. The Morgan fingerprint density at radius 3 is 2.54 bits per heavy atom. The summed E-state index contributed by atoms with van der Waals surface area (Å²) in [5.41, 5.74) is 1.31. The van der Waals surface area contributed by atoms with E-state index in [0.29, 0.717) is 5.56 Å². The van der Waals surface area contributed by atoms with Gasteiger partial charge >= 0.3 is 8.25 Å². The second kappa shape index (κ2) is 4.68. The summed E-state index contributed by atoms with van der Waals surface area (Å²) >= 11 is 0. The molecule has 13 heavy (non-hydrogen) atoms. The summed E-state index contributed by atoms with van der Waals surface area (Å²) in [5, 5.41) is 8.48. The molecule has 1 rings (SSSR count). The fourth-order valence-electron chi connectivity index (χ4n) is 0.805. The lowest BCUT2D eigenvalue weighted by Crippen LogP contribution is -1.85. The maximum Gasteiger partial charge on any atom is 0.695 e. The molecule has 0 saturated carbocycles. The maximum absolute atomic E-state index is 10.2. The van der Waals surface area contributed by atoms with Gasteiger partial charge in [-0.05, 0) is 17.7 Å². The van der Waals surface area contributed by atoms with Crippen LogP contribution in [-0.4, -0.2) is 4.89 Å². The molecule has 0 amide bonds. The topological polar surface area (TPSA) is 70.3 Å². The Kier molecular flexibility index (Phi) is 3.53. The minimum Gasteiger partial charge on any atom is -0.192 e. The third-order valence-electron chi connectivity index (χ3n) is 1.42. The number of nitrogens with zero attached hydrogens (tertiary/aromatic N) is 1. The largest absolute Gasteiger partial charge is 0.695 e. The molecule has 0 spiro atoms. The van der Waals surface area contributed by atoms with Crippen molar-refractivity contribution < 1.29 is 14.0 Å². The van der Waals surface area contributed by atoms with E-state index in [9.17, 15) is 4.57 Å². The van der Waals surface area contributed by atoms with Crippen LogP contribution in [0.3, 0.4) is 0 Å². The summed E-state index contributed by atoms with van der Waals surface area (Å²) in [5.74, 6) is 0. The van der Waals surface area contributed by atoms with E-state index in [1.165, 1.54) is 0 Å². The standard InChI is InChI=1S/C8H6NO3P/c9-5-7-1-3-8(4-2-7)6-12-13(10)11/h1-4H,6H2/p+1. The highest BCUT2D eigenvalue weighted by Crippen LogP contribution is 2.17. The molecule has 0 aliphatic heterocycles. The average molecular weight is 196 g/mol. The predicted molar refractivity (Wildman–Crippen MR) is 45.8 cm³/mol. The molecule has 66 valence electrons. The Morgan fingerprint density at radius 1 is 1.46 bits per heavy atom. The molecule has 1 atom stereocenters. The smallest absolute Gasteiger partial charge is 0.192 e. The van der Waals surface area contributed by atoms with Crippen molar-refractivity contribution in [1.29, 1.82) is 5.26 Å². The zero-order valence-electron chi connectivity index (χ0n) is 6.67. The van der Waals surface area contributed by atoms with Crippen molar-refractivity contribution in [3.63, 3.8) is 0 Å². The first-order chi connectivity index (χ1) is 6.22. The van der Waals surface area contributed by atoms with Gasteiger partial charge in [0.2, 0.25) is 0 Å². The van der Waals surface area contributed by atoms with Crippen LogP contribution < -0.4 is 0 Å². The van der Waals surface area contributed by atoms with Gasteiger partial charge in [-0.1, -0.05) is 12.1 Å². The van der Waals surface area contributed by atoms with Crippen LogP contribution in [0.5, 0.6) is 0 Å². The Balaban J connectivity index is 2.60. The van der Waals surface area contributed by atoms with Gasteiger partial charge in [-0.25, -0.2) is 0 Å². The van der Waals surface area contributed by atoms with Gasteiger partial charge in [0.25, 0.3) is 0 Å². The van der Waals surface area contributed by atoms with Crippen molar-refractivity contribution in [2.75, 3.05) is 0 Å². The molecule has 0 heterocycles.